The van der Waals surface area contributed by atoms with Crippen molar-refractivity contribution >= 4 is 43.5 Å². The molecule has 2 unspecified atom stereocenters. The Labute approximate surface area is 129 Å². The fraction of sp³-hybridized carbons (Fsp3) is 0.133. The summed E-state index contributed by atoms with van der Waals surface area (Å²) in [6.07, 6.45) is 0. The van der Waals surface area contributed by atoms with Gasteiger partial charge in [0.1, 0.15) is 4.83 Å². The highest BCUT2D eigenvalue weighted by molar-refractivity contribution is 9.12. The fourth-order valence-corrected chi connectivity index (χ4v) is 2.64. The minimum atomic E-state index is -0.338. The first-order chi connectivity index (χ1) is 9.18. The summed E-state index contributed by atoms with van der Waals surface area (Å²) in [5, 5.41) is 2.88. The lowest BCUT2D eigenvalue weighted by molar-refractivity contribution is -0.115. The van der Waals surface area contributed by atoms with Gasteiger partial charge in [-0.3, -0.25) is 4.79 Å². The van der Waals surface area contributed by atoms with Crippen molar-refractivity contribution in [1.82, 2.24) is 0 Å². The third-order valence-corrected chi connectivity index (χ3v) is 5.38. The molecule has 0 aromatic heterocycles. The van der Waals surface area contributed by atoms with Crippen molar-refractivity contribution in [2.75, 3.05) is 5.32 Å². The Bertz CT molecular complexity index is 530. The second kappa shape index (κ2) is 6.87. The molecule has 4 heteroatoms. The number of carbonyl (C=O) groups is 1. The van der Waals surface area contributed by atoms with E-state index in [0.717, 1.165) is 11.3 Å². The molecule has 2 atom stereocenters. The lowest BCUT2D eigenvalue weighted by Gasteiger charge is -2.17. The first kappa shape index (κ1) is 14.3. The van der Waals surface area contributed by atoms with Crippen LogP contribution in [0.4, 0.5) is 5.69 Å². The van der Waals surface area contributed by atoms with Crippen molar-refractivity contribution in [3.63, 3.8) is 0 Å². The molecule has 2 nitrogen and oxygen atoms in total. The summed E-state index contributed by atoms with van der Waals surface area (Å²) in [5.41, 5.74) is 1.86. The maximum absolute atomic E-state index is 12.1. The van der Waals surface area contributed by atoms with Crippen molar-refractivity contribution < 1.29 is 4.79 Å². The number of para-hydroxylation sites is 1. The minimum Gasteiger partial charge on any atom is -0.325 e. The highest BCUT2D eigenvalue weighted by Crippen LogP contribution is 2.31. The molecule has 1 amide bonds. The van der Waals surface area contributed by atoms with Crippen LogP contribution in [0.25, 0.3) is 0 Å². The van der Waals surface area contributed by atoms with Crippen molar-refractivity contribution in [3.05, 3.63) is 66.2 Å². The number of benzene rings is 2. The summed E-state index contributed by atoms with van der Waals surface area (Å²) in [6.45, 7) is 0. The molecule has 19 heavy (non-hydrogen) atoms. The molecule has 0 fully saturated rings. The second-order valence-corrected chi connectivity index (χ2v) is 6.04. The van der Waals surface area contributed by atoms with Gasteiger partial charge in [-0.15, -0.1) is 0 Å². The molecule has 0 heterocycles. The van der Waals surface area contributed by atoms with E-state index in [1.54, 1.807) is 0 Å². The van der Waals surface area contributed by atoms with Crippen molar-refractivity contribution in [3.8, 4) is 0 Å². The SMILES string of the molecule is O=C(Nc1ccccc1)C(Br)C(Br)c1ccccc1. The van der Waals surface area contributed by atoms with Gasteiger partial charge in [0.25, 0.3) is 0 Å². The largest absolute Gasteiger partial charge is 0.325 e. The molecule has 0 bridgehead atoms. The zero-order valence-electron chi connectivity index (χ0n) is 10.1. The molecule has 0 aliphatic carbocycles. The maximum atomic E-state index is 12.1. The van der Waals surface area contributed by atoms with E-state index in [-0.39, 0.29) is 15.6 Å². The van der Waals surface area contributed by atoms with Gasteiger partial charge >= 0.3 is 0 Å². The van der Waals surface area contributed by atoms with Gasteiger partial charge in [0.15, 0.2) is 0 Å². The van der Waals surface area contributed by atoms with Crippen molar-refractivity contribution in [2.24, 2.45) is 0 Å². The van der Waals surface area contributed by atoms with Crippen LogP contribution in [-0.2, 0) is 4.79 Å². The lowest BCUT2D eigenvalue weighted by atomic mass is 10.1. The first-order valence-corrected chi connectivity index (χ1v) is 7.70. The van der Waals surface area contributed by atoms with E-state index in [1.165, 1.54) is 0 Å². The topological polar surface area (TPSA) is 29.1 Å². The van der Waals surface area contributed by atoms with Gasteiger partial charge in [-0.25, -0.2) is 0 Å². The molecular formula is C15H13Br2NO. The van der Waals surface area contributed by atoms with Crippen LogP contribution in [0.15, 0.2) is 60.7 Å². The summed E-state index contributed by atoms with van der Waals surface area (Å²) in [5.74, 6) is -0.0723. The smallest absolute Gasteiger partial charge is 0.239 e. The highest BCUT2D eigenvalue weighted by atomic mass is 79.9. The summed E-state index contributed by atoms with van der Waals surface area (Å²) in [7, 11) is 0. The average molecular weight is 383 g/mol. The van der Waals surface area contributed by atoms with Gasteiger partial charge in [0.2, 0.25) is 5.91 Å². The monoisotopic (exact) mass is 381 g/mol. The summed E-state index contributed by atoms with van der Waals surface area (Å²) in [6, 6.07) is 19.3. The van der Waals surface area contributed by atoms with E-state index in [4.69, 9.17) is 0 Å². The number of rotatable bonds is 4. The molecule has 0 radical (unpaired) electrons. The van der Waals surface area contributed by atoms with E-state index in [1.807, 2.05) is 60.7 Å². The van der Waals surface area contributed by atoms with Crippen LogP contribution in [0.5, 0.6) is 0 Å². The van der Waals surface area contributed by atoms with Gasteiger partial charge < -0.3 is 5.32 Å². The molecule has 98 valence electrons. The Kier molecular flexibility index (Phi) is 5.16. The van der Waals surface area contributed by atoms with Crippen LogP contribution in [0, 0.1) is 0 Å². The highest BCUT2D eigenvalue weighted by Gasteiger charge is 2.24. The van der Waals surface area contributed by atoms with E-state index in [2.05, 4.69) is 37.2 Å². The number of alkyl halides is 2. The molecule has 2 aromatic carbocycles. The predicted molar refractivity (Wildman–Crippen MR) is 85.9 cm³/mol. The Morgan fingerprint density at radius 1 is 0.895 bits per heavy atom. The van der Waals surface area contributed by atoms with Crippen LogP contribution in [0.3, 0.4) is 0 Å². The molecular weight excluding hydrogens is 370 g/mol. The second-order valence-electron chi connectivity index (χ2n) is 4.07. The molecule has 0 saturated heterocycles. The molecule has 1 N–H and O–H groups in total. The number of nitrogens with one attached hydrogen (secondary N) is 1. The van der Waals surface area contributed by atoms with Gasteiger partial charge in [-0.2, -0.15) is 0 Å². The summed E-state index contributed by atoms with van der Waals surface area (Å²) < 4.78 is 0. The van der Waals surface area contributed by atoms with E-state index in [9.17, 15) is 4.79 Å². The predicted octanol–water partition coefficient (Wildman–Crippen LogP) is 4.52. The van der Waals surface area contributed by atoms with Crippen LogP contribution < -0.4 is 5.32 Å². The zero-order chi connectivity index (χ0) is 13.7. The maximum Gasteiger partial charge on any atom is 0.239 e. The van der Waals surface area contributed by atoms with Gasteiger partial charge in [-0.05, 0) is 17.7 Å². The lowest BCUT2D eigenvalue weighted by Crippen LogP contribution is -2.26. The number of hydrogen-bond acceptors (Lipinski definition) is 1. The van der Waals surface area contributed by atoms with E-state index < -0.39 is 0 Å². The fourth-order valence-electron chi connectivity index (χ4n) is 1.67. The summed E-state index contributed by atoms with van der Waals surface area (Å²) >= 11 is 7.00. The number of carbonyl (C=O) groups excluding carboxylic acids is 1. The van der Waals surface area contributed by atoms with Gasteiger partial charge in [0, 0.05) is 5.69 Å². The number of halogens is 2. The quantitative estimate of drug-likeness (QED) is 0.773. The first-order valence-electron chi connectivity index (χ1n) is 5.87. The van der Waals surface area contributed by atoms with Gasteiger partial charge in [-0.1, -0.05) is 80.4 Å². The average Bonchev–Trinajstić information content (AvgIpc) is 2.47. The van der Waals surface area contributed by atoms with Crippen molar-refractivity contribution in [1.29, 1.82) is 0 Å². The number of hydrogen-bond donors (Lipinski definition) is 1. The molecule has 0 spiro atoms. The molecule has 2 aromatic rings. The van der Waals surface area contributed by atoms with Crippen LogP contribution >= 0.6 is 31.9 Å². The number of amides is 1. The summed E-state index contributed by atoms with van der Waals surface area (Å²) in [4.78, 5) is 11.7. The molecule has 2 rings (SSSR count). The minimum absolute atomic E-state index is 0.0718. The molecule has 0 saturated carbocycles. The Hall–Kier alpha value is -1.13. The van der Waals surface area contributed by atoms with Crippen LogP contribution in [-0.4, -0.2) is 10.7 Å². The molecule has 0 aliphatic rings. The van der Waals surface area contributed by atoms with E-state index in [0.29, 0.717) is 0 Å². The standard InChI is InChI=1S/C15H13Br2NO/c16-13(11-7-3-1-4-8-11)14(17)15(19)18-12-9-5-2-6-10-12/h1-10,13-14H,(H,18,19). The zero-order valence-corrected chi connectivity index (χ0v) is 13.3. The van der Waals surface area contributed by atoms with E-state index >= 15 is 0 Å². The number of anilines is 1. The Morgan fingerprint density at radius 2 is 1.42 bits per heavy atom. The molecule has 0 aliphatic heterocycles. The van der Waals surface area contributed by atoms with Crippen LogP contribution in [0.1, 0.15) is 10.4 Å². The third-order valence-electron chi connectivity index (χ3n) is 2.67. The normalized spacial score (nSPS) is 13.6. The van der Waals surface area contributed by atoms with Crippen molar-refractivity contribution in [2.45, 2.75) is 9.65 Å². The Morgan fingerprint density at radius 3 is 2.00 bits per heavy atom. The van der Waals surface area contributed by atoms with Gasteiger partial charge in [0.05, 0.1) is 4.83 Å². The van der Waals surface area contributed by atoms with Crippen LogP contribution in [0.2, 0.25) is 0 Å². The Balaban J connectivity index is 2.03. The third kappa shape index (κ3) is 3.91.